The van der Waals surface area contributed by atoms with Gasteiger partial charge in [-0.15, -0.1) is 0 Å². The first-order valence-electron chi connectivity index (χ1n) is 8.30. The maximum atomic E-state index is 6.05. The van der Waals surface area contributed by atoms with Crippen LogP contribution in [0.5, 0.6) is 0 Å². The van der Waals surface area contributed by atoms with Crippen LogP contribution in [0.4, 0.5) is 0 Å². The van der Waals surface area contributed by atoms with Crippen LogP contribution in [0.15, 0.2) is 24.3 Å². The standard InChI is InChI=1S/C18H28N2O/c1-13(2)19-12-17-18(20(3)10-11-21-17)16-8-6-15(7-9-16)14-4-5-14/h6-9,13-14,17-19H,4-5,10-12H2,1-3H3. The Balaban J connectivity index is 1.73. The van der Waals surface area contributed by atoms with Crippen LogP contribution in [0.2, 0.25) is 0 Å². The van der Waals surface area contributed by atoms with Crippen LogP contribution in [-0.4, -0.2) is 43.8 Å². The van der Waals surface area contributed by atoms with Crippen molar-refractivity contribution >= 4 is 0 Å². The van der Waals surface area contributed by atoms with E-state index in [9.17, 15) is 0 Å². The highest BCUT2D eigenvalue weighted by atomic mass is 16.5. The number of hydrogen-bond donors (Lipinski definition) is 1. The van der Waals surface area contributed by atoms with Crippen LogP contribution in [0, 0.1) is 0 Å². The highest BCUT2D eigenvalue weighted by Crippen LogP contribution is 2.40. The van der Waals surface area contributed by atoms with Crippen LogP contribution in [0.3, 0.4) is 0 Å². The van der Waals surface area contributed by atoms with Crippen molar-refractivity contribution in [3.8, 4) is 0 Å². The highest BCUT2D eigenvalue weighted by Gasteiger charge is 2.31. The molecule has 3 nitrogen and oxygen atoms in total. The van der Waals surface area contributed by atoms with Gasteiger partial charge in [0.25, 0.3) is 0 Å². The van der Waals surface area contributed by atoms with Crippen LogP contribution in [0.25, 0.3) is 0 Å². The van der Waals surface area contributed by atoms with E-state index in [2.05, 4.69) is 55.4 Å². The normalized spacial score (nSPS) is 27.2. The first-order valence-corrected chi connectivity index (χ1v) is 8.30. The van der Waals surface area contributed by atoms with Crippen LogP contribution in [0.1, 0.15) is 49.8 Å². The topological polar surface area (TPSA) is 24.5 Å². The number of rotatable bonds is 5. The number of nitrogens with zero attached hydrogens (tertiary/aromatic N) is 1. The molecule has 1 saturated heterocycles. The molecular weight excluding hydrogens is 260 g/mol. The molecule has 0 radical (unpaired) electrons. The van der Waals surface area contributed by atoms with Gasteiger partial charge >= 0.3 is 0 Å². The molecule has 0 aromatic heterocycles. The van der Waals surface area contributed by atoms with Crippen molar-refractivity contribution in [2.24, 2.45) is 0 Å². The Labute approximate surface area is 128 Å². The molecule has 2 fully saturated rings. The van der Waals surface area contributed by atoms with Gasteiger partial charge in [0.05, 0.1) is 18.8 Å². The fraction of sp³-hybridized carbons (Fsp3) is 0.667. The Morgan fingerprint density at radius 3 is 2.48 bits per heavy atom. The summed E-state index contributed by atoms with van der Waals surface area (Å²) in [5, 5.41) is 3.52. The molecule has 21 heavy (non-hydrogen) atoms. The molecule has 0 bridgehead atoms. The van der Waals surface area contributed by atoms with Gasteiger partial charge in [0.2, 0.25) is 0 Å². The summed E-state index contributed by atoms with van der Waals surface area (Å²) >= 11 is 0. The molecule has 1 heterocycles. The quantitative estimate of drug-likeness (QED) is 0.901. The summed E-state index contributed by atoms with van der Waals surface area (Å²) in [7, 11) is 2.21. The van der Waals surface area contributed by atoms with E-state index in [0.29, 0.717) is 12.1 Å². The summed E-state index contributed by atoms with van der Waals surface area (Å²) in [4.78, 5) is 2.43. The highest BCUT2D eigenvalue weighted by molar-refractivity contribution is 5.30. The first-order chi connectivity index (χ1) is 10.1. The Morgan fingerprint density at radius 1 is 1.19 bits per heavy atom. The molecule has 3 rings (SSSR count). The fourth-order valence-electron chi connectivity index (χ4n) is 3.24. The van der Waals surface area contributed by atoms with Crippen LogP contribution >= 0.6 is 0 Å². The van der Waals surface area contributed by atoms with E-state index in [0.717, 1.165) is 25.6 Å². The van der Waals surface area contributed by atoms with Crippen molar-refractivity contribution in [3.63, 3.8) is 0 Å². The van der Waals surface area contributed by atoms with Gasteiger partial charge in [-0.2, -0.15) is 0 Å². The number of likely N-dealkylation sites (N-methyl/N-ethyl adjacent to an activating group) is 1. The number of benzene rings is 1. The molecule has 0 amide bonds. The van der Waals surface area contributed by atoms with E-state index in [1.54, 1.807) is 0 Å². The molecule has 0 spiro atoms. The third-order valence-corrected chi connectivity index (χ3v) is 4.66. The van der Waals surface area contributed by atoms with Crippen molar-refractivity contribution < 1.29 is 4.74 Å². The van der Waals surface area contributed by atoms with E-state index in [-0.39, 0.29) is 6.10 Å². The summed E-state index contributed by atoms with van der Waals surface area (Å²) < 4.78 is 6.05. The van der Waals surface area contributed by atoms with Crippen molar-refractivity contribution in [2.75, 3.05) is 26.7 Å². The first kappa shape index (κ1) is 15.0. The minimum absolute atomic E-state index is 0.234. The minimum atomic E-state index is 0.234. The van der Waals surface area contributed by atoms with Crippen molar-refractivity contribution in [2.45, 2.75) is 50.8 Å². The summed E-state index contributed by atoms with van der Waals surface area (Å²) in [5.74, 6) is 0.831. The van der Waals surface area contributed by atoms with Gasteiger partial charge in [-0.25, -0.2) is 0 Å². The maximum absolute atomic E-state index is 6.05. The predicted octanol–water partition coefficient (Wildman–Crippen LogP) is 2.93. The predicted molar refractivity (Wildman–Crippen MR) is 86.7 cm³/mol. The molecule has 1 aliphatic heterocycles. The molecule has 1 N–H and O–H groups in total. The lowest BCUT2D eigenvalue weighted by molar-refractivity contribution is -0.0620. The zero-order chi connectivity index (χ0) is 14.8. The summed E-state index contributed by atoms with van der Waals surface area (Å²) in [6, 6.07) is 10.1. The molecule has 1 aliphatic carbocycles. The van der Waals surface area contributed by atoms with Gasteiger partial charge in [-0.3, -0.25) is 4.90 Å². The van der Waals surface area contributed by atoms with Crippen molar-refractivity contribution in [1.29, 1.82) is 0 Å². The van der Waals surface area contributed by atoms with Gasteiger partial charge in [-0.05, 0) is 36.9 Å². The van der Waals surface area contributed by atoms with Gasteiger partial charge in [0.1, 0.15) is 0 Å². The molecule has 2 aliphatic rings. The minimum Gasteiger partial charge on any atom is -0.374 e. The van der Waals surface area contributed by atoms with Crippen LogP contribution in [-0.2, 0) is 4.74 Å². The lowest BCUT2D eigenvalue weighted by Gasteiger charge is -2.40. The lowest BCUT2D eigenvalue weighted by atomic mass is 9.96. The third-order valence-electron chi connectivity index (χ3n) is 4.66. The Kier molecular flexibility index (Phi) is 4.63. The molecule has 1 aromatic rings. The van der Waals surface area contributed by atoms with Crippen molar-refractivity contribution in [3.05, 3.63) is 35.4 Å². The molecule has 1 aromatic carbocycles. The number of nitrogens with one attached hydrogen (secondary N) is 1. The van der Waals surface area contributed by atoms with E-state index in [1.807, 2.05) is 0 Å². The monoisotopic (exact) mass is 288 g/mol. The zero-order valence-corrected chi connectivity index (χ0v) is 13.5. The van der Waals surface area contributed by atoms with E-state index in [1.165, 1.54) is 24.0 Å². The molecule has 3 heteroatoms. The number of hydrogen-bond acceptors (Lipinski definition) is 3. The fourth-order valence-corrected chi connectivity index (χ4v) is 3.24. The summed E-state index contributed by atoms with van der Waals surface area (Å²) in [5.41, 5.74) is 2.90. The Bertz CT molecular complexity index is 453. The molecular formula is C18H28N2O. The second-order valence-electron chi connectivity index (χ2n) is 6.84. The van der Waals surface area contributed by atoms with Gasteiger partial charge in [-0.1, -0.05) is 38.1 Å². The Morgan fingerprint density at radius 2 is 1.86 bits per heavy atom. The SMILES string of the molecule is CC(C)NCC1OCCN(C)C1c1ccc(C2CC2)cc1. The van der Waals surface area contributed by atoms with Crippen LogP contribution < -0.4 is 5.32 Å². The average molecular weight is 288 g/mol. The van der Waals surface area contributed by atoms with E-state index < -0.39 is 0 Å². The number of morpholine rings is 1. The Hall–Kier alpha value is -0.900. The van der Waals surface area contributed by atoms with E-state index >= 15 is 0 Å². The molecule has 116 valence electrons. The second-order valence-corrected chi connectivity index (χ2v) is 6.84. The maximum Gasteiger partial charge on any atom is 0.0896 e. The smallest absolute Gasteiger partial charge is 0.0896 e. The summed E-state index contributed by atoms with van der Waals surface area (Å²) in [6.45, 7) is 7.12. The lowest BCUT2D eigenvalue weighted by Crippen LogP contribution is -2.48. The molecule has 2 atom stereocenters. The van der Waals surface area contributed by atoms with Gasteiger partial charge < -0.3 is 10.1 Å². The summed E-state index contributed by atoms with van der Waals surface area (Å²) in [6.07, 6.45) is 2.97. The van der Waals surface area contributed by atoms with E-state index in [4.69, 9.17) is 4.74 Å². The largest absolute Gasteiger partial charge is 0.374 e. The van der Waals surface area contributed by atoms with Crippen molar-refractivity contribution in [1.82, 2.24) is 10.2 Å². The molecule has 2 unspecified atom stereocenters. The average Bonchev–Trinajstić information content (AvgIpc) is 3.30. The molecule has 1 saturated carbocycles. The second kappa shape index (κ2) is 6.47. The number of ether oxygens (including phenoxy) is 1. The third kappa shape index (κ3) is 3.65. The van der Waals surface area contributed by atoms with Gasteiger partial charge in [0, 0.05) is 19.1 Å². The zero-order valence-electron chi connectivity index (χ0n) is 13.5. The van der Waals surface area contributed by atoms with Gasteiger partial charge in [0.15, 0.2) is 0 Å².